The molecule has 0 bridgehead atoms. The van der Waals surface area contributed by atoms with Gasteiger partial charge in [-0.05, 0) is 50.7 Å². The Labute approximate surface area is 185 Å². The minimum atomic E-state index is -0.853. The molecule has 7 heteroatoms. The number of carbonyl (C=O) groups excluding carboxylic acids is 1. The normalized spacial score (nSPS) is 34.6. The fraction of sp³-hybridized carbons (Fsp3) is 0.667. The lowest BCUT2D eigenvalue weighted by molar-refractivity contribution is -0.424. The first-order valence-electron chi connectivity index (χ1n) is 11.7. The van der Waals surface area contributed by atoms with Gasteiger partial charge in [0.15, 0.2) is 0 Å². The van der Waals surface area contributed by atoms with E-state index in [0.29, 0.717) is 24.5 Å². The summed E-state index contributed by atoms with van der Waals surface area (Å²) in [6, 6.07) is 1.40. The molecule has 4 rings (SSSR count). The van der Waals surface area contributed by atoms with Gasteiger partial charge in [0, 0.05) is 44.7 Å². The van der Waals surface area contributed by atoms with E-state index in [9.17, 15) is 9.90 Å². The van der Waals surface area contributed by atoms with Gasteiger partial charge in [-0.15, -0.1) is 0 Å². The van der Waals surface area contributed by atoms with Crippen molar-refractivity contribution >= 4 is 24.2 Å². The van der Waals surface area contributed by atoms with Gasteiger partial charge in [-0.2, -0.15) is 0 Å². The Bertz CT molecular complexity index is 820. The third-order valence-corrected chi connectivity index (χ3v) is 7.56. The summed E-state index contributed by atoms with van der Waals surface area (Å²) in [4.78, 5) is 24.9. The lowest BCUT2D eigenvalue weighted by Crippen LogP contribution is -2.49. The Morgan fingerprint density at radius 3 is 2.81 bits per heavy atom. The standard InChI is InChI=1S/C24H36N5O2/c1-25-22(6-5-7-23-26-14-3-4-15-27(23)2)24(31)12-8-19(9-13-24)29-17-11-20-21(29)10-16-28(20)18-30/h4-6,14-15,18-21,31H,3,7-13,16-17H2,1-2H3/q+1/b6-5-,25-22?. The van der Waals surface area contributed by atoms with Crippen LogP contribution in [0.2, 0.25) is 0 Å². The van der Waals surface area contributed by atoms with Gasteiger partial charge >= 0.3 is 5.84 Å². The Morgan fingerprint density at radius 2 is 2.06 bits per heavy atom. The summed E-state index contributed by atoms with van der Waals surface area (Å²) in [5.41, 5.74) is -0.0798. The summed E-state index contributed by atoms with van der Waals surface area (Å²) in [7, 11) is 3.78. The molecule has 3 aliphatic heterocycles. The molecular formula is C24H36N5O2+. The van der Waals surface area contributed by atoms with Gasteiger partial charge < -0.3 is 10.0 Å². The molecule has 4 aliphatic rings. The molecule has 2 atom stereocenters. The van der Waals surface area contributed by atoms with Crippen LogP contribution in [0.5, 0.6) is 0 Å². The fourth-order valence-electron chi connectivity index (χ4n) is 5.83. The predicted octanol–water partition coefficient (Wildman–Crippen LogP) is 2.01. The van der Waals surface area contributed by atoms with E-state index in [1.165, 1.54) is 0 Å². The number of amides is 1. The highest BCUT2D eigenvalue weighted by Crippen LogP contribution is 2.38. The molecule has 3 fully saturated rings. The summed E-state index contributed by atoms with van der Waals surface area (Å²) in [5, 5.41) is 11.4. The van der Waals surface area contributed by atoms with Crippen LogP contribution in [0.15, 0.2) is 34.4 Å². The first kappa shape index (κ1) is 22.1. The maximum atomic E-state index is 11.4. The Kier molecular flexibility index (Phi) is 6.82. The highest BCUT2D eigenvalue weighted by molar-refractivity contribution is 6.02. The molecule has 168 valence electrons. The van der Waals surface area contributed by atoms with E-state index in [-0.39, 0.29) is 0 Å². The number of fused-ring (bicyclic) bond motifs is 1. The second-order valence-corrected chi connectivity index (χ2v) is 9.23. The Hall–Kier alpha value is -2.12. The monoisotopic (exact) mass is 426 g/mol. The van der Waals surface area contributed by atoms with Crippen LogP contribution in [0.1, 0.15) is 51.4 Å². The molecule has 3 heterocycles. The van der Waals surface area contributed by atoms with E-state index in [0.717, 1.165) is 76.0 Å². The number of rotatable bonds is 6. The van der Waals surface area contributed by atoms with Gasteiger partial charge in [0.05, 0.1) is 25.4 Å². The number of allylic oxidation sites excluding steroid dienone is 1. The maximum Gasteiger partial charge on any atom is 0.301 e. The number of aliphatic hydroxyl groups is 1. The van der Waals surface area contributed by atoms with E-state index < -0.39 is 5.60 Å². The van der Waals surface area contributed by atoms with Crippen molar-refractivity contribution in [2.24, 2.45) is 9.98 Å². The van der Waals surface area contributed by atoms with E-state index in [1.807, 2.05) is 35.0 Å². The van der Waals surface area contributed by atoms with Crippen molar-refractivity contribution < 1.29 is 14.5 Å². The number of hydrogen-bond acceptors (Lipinski definition) is 5. The fourth-order valence-corrected chi connectivity index (χ4v) is 5.83. The summed E-state index contributed by atoms with van der Waals surface area (Å²) in [5.74, 6) is 0.987. The molecule has 1 saturated carbocycles. The minimum Gasteiger partial charge on any atom is -0.384 e. The van der Waals surface area contributed by atoms with Crippen LogP contribution in [0.4, 0.5) is 0 Å². The van der Waals surface area contributed by atoms with Crippen LogP contribution >= 0.6 is 0 Å². The average Bonchev–Trinajstić information content (AvgIpc) is 3.31. The van der Waals surface area contributed by atoms with Crippen LogP contribution in [0.25, 0.3) is 0 Å². The van der Waals surface area contributed by atoms with E-state index >= 15 is 0 Å². The van der Waals surface area contributed by atoms with Gasteiger partial charge in [-0.1, -0.05) is 11.1 Å². The van der Waals surface area contributed by atoms with Crippen LogP contribution in [0.3, 0.4) is 0 Å². The zero-order valence-electron chi connectivity index (χ0n) is 18.9. The third-order valence-electron chi connectivity index (χ3n) is 7.56. The molecule has 2 unspecified atom stereocenters. The zero-order chi connectivity index (χ0) is 21.8. The molecule has 0 radical (unpaired) electrons. The van der Waals surface area contributed by atoms with Crippen molar-refractivity contribution in [1.29, 1.82) is 0 Å². The quantitative estimate of drug-likeness (QED) is 0.401. The van der Waals surface area contributed by atoms with E-state index in [2.05, 4.69) is 27.0 Å². The smallest absolute Gasteiger partial charge is 0.301 e. The summed E-state index contributed by atoms with van der Waals surface area (Å²) in [6.07, 6.45) is 18.3. The van der Waals surface area contributed by atoms with E-state index in [4.69, 9.17) is 0 Å². The molecule has 7 nitrogen and oxygen atoms in total. The van der Waals surface area contributed by atoms with Gasteiger partial charge in [0.1, 0.15) is 11.8 Å². The molecule has 0 aromatic heterocycles. The number of amidine groups is 1. The molecule has 1 N–H and O–H groups in total. The van der Waals surface area contributed by atoms with Gasteiger partial charge in [0.2, 0.25) is 6.41 Å². The summed E-state index contributed by atoms with van der Waals surface area (Å²) >= 11 is 0. The number of likely N-dealkylation sites (tertiary alicyclic amines) is 2. The first-order chi connectivity index (χ1) is 15.1. The van der Waals surface area contributed by atoms with Crippen LogP contribution in [-0.2, 0) is 4.79 Å². The highest BCUT2D eigenvalue weighted by atomic mass is 16.3. The van der Waals surface area contributed by atoms with Crippen molar-refractivity contribution in [3.8, 4) is 0 Å². The second kappa shape index (κ2) is 9.57. The Morgan fingerprint density at radius 1 is 1.29 bits per heavy atom. The van der Waals surface area contributed by atoms with Crippen LogP contribution in [-0.4, -0.2) is 94.6 Å². The molecule has 2 saturated heterocycles. The average molecular weight is 427 g/mol. The van der Waals surface area contributed by atoms with Crippen LogP contribution < -0.4 is 0 Å². The van der Waals surface area contributed by atoms with Crippen molar-refractivity contribution in [3.05, 3.63) is 24.4 Å². The highest BCUT2D eigenvalue weighted by Gasteiger charge is 2.46. The molecule has 0 aromatic rings. The number of aliphatic imine (C=N–C) groups is 2. The third kappa shape index (κ3) is 4.58. The minimum absolute atomic E-state index is 0.395. The predicted molar refractivity (Wildman–Crippen MR) is 124 cm³/mol. The first-order valence-corrected chi connectivity index (χ1v) is 11.7. The summed E-state index contributed by atoms with van der Waals surface area (Å²) in [6.45, 7) is 1.95. The number of carbonyl (C=O) groups is 1. The molecule has 0 spiro atoms. The lowest BCUT2D eigenvalue weighted by Gasteiger charge is -2.41. The van der Waals surface area contributed by atoms with Crippen LogP contribution in [0, 0.1) is 0 Å². The number of hydrogen-bond donors (Lipinski definition) is 1. The Balaban J connectivity index is 1.35. The molecule has 31 heavy (non-hydrogen) atoms. The van der Waals surface area contributed by atoms with E-state index in [1.54, 1.807) is 7.05 Å². The second-order valence-electron chi connectivity index (χ2n) is 9.23. The van der Waals surface area contributed by atoms with Crippen molar-refractivity contribution in [2.75, 3.05) is 27.2 Å². The molecule has 0 aromatic carbocycles. The van der Waals surface area contributed by atoms with Gasteiger partial charge in [-0.25, -0.2) is 4.58 Å². The molecule has 1 amide bonds. The SMILES string of the molecule is CN=C(/C=C\CC1=[N+](C)C=CCC=N1)C1(O)CCC(N2CCC3C2CCN3C=O)CC1. The van der Waals surface area contributed by atoms with Crippen molar-refractivity contribution in [2.45, 2.75) is 75.1 Å². The number of nitrogens with zero attached hydrogens (tertiary/aromatic N) is 5. The van der Waals surface area contributed by atoms with Gasteiger partial charge in [0.25, 0.3) is 0 Å². The van der Waals surface area contributed by atoms with Crippen molar-refractivity contribution in [3.63, 3.8) is 0 Å². The topological polar surface area (TPSA) is 71.5 Å². The van der Waals surface area contributed by atoms with Gasteiger partial charge in [-0.3, -0.25) is 14.7 Å². The molecule has 1 aliphatic carbocycles. The lowest BCUT2D eigenvalue weighted by atomic mass is 9.78. The zero-order valence-corrected chi connectivity index (χ0v) is 18.9. The van der Waals surface area contributed by atoms with Crippen molar-refractivity contribution in [1.82, 2.24) is 9.80 Å². The maximum absolute atomic E-state index is 11.4. The molecular weight excluding hydrogens is 390 g/mol. The summed E-state index contributed by atoms with van der Waals surface area (Å²) < 4.78 is 2.04. The largest absolute Gasteiger partial charge is 0.384 e.